The van der Waals surface area contributed by atoms with Crippen LogP contribution in [0, 0.1) is 6.92 Å². The highest BCUT2D eigenvalue weighted by Gasteiger charge is 2.08. The summed E-state index contributed by atoms with van der Waals surface area (Å²) in [6.45, 7) is 2.04. The Bertz CT molecular complexity index is 410. The summed E-state index contributed by atoms with van der Waals surface area (Å²) in [5.74, 6) is 1.34. The molecule has 0 fully saturated rings. The Morgan fingerprint density at radius 2 is 2.38 bits per heavy atom. The lowest BCUT2D eigenvalue weighted by atomic mass is 10.4. The quantitative estimate of drug-likeness (QED) is 0.722. The maximum atomic E-state index is 5.54. The topological polar surface area (TPSA) is 38.9 Å². The van der Waals surface area contributed by atoms with E-state index in [0.29, 0.717) is 11.7 Å². The number of aromatic nitrogens is 2. The average molecular weight is 215 g/mol. The molecule has 3 nitrogen and oxygen atoms in total. The van der Waals surface area contributed by atoms with E-state index in [4.69, 9.17) is 16.1 Å². The molecular formula is C8H7ClN2OS. The molecule has 5 heteroatoms. The summed E-state index contributed by atoms with van der Waals surface area (Å²) in [6, 6.07) is 4.00. The van der Waals surface area contributed by atoms with E-state index in [1.165, 1.54) is 4.88 Å². The van der Waals surface area contributed by atoms with Gasteiger partial charge in [0.1, 0.15) is 5.88 Å². The number of aryl methyl sites for hydroxylation is 1. The van der Waals surface area contributed by atoms with Gasteiger partial charge in [0.25, 0.3) is 0 Å². The molecule has 0 aliphatic carbocycles. The highest BCUT2D eigenvalue weighted by atomic mass is 35.5. The molecule has 2 aromatic heterocycles. The number of rotatable bonds is 2. The van der Waals surface area contributed by atoms with Crippen molar-refractivity contribution >= 4 is 22.9 Å². The second-order valence-electron chi connectivity index (χ2n) is 2.56. The van der Waals surface area contributed by atoms with Crippen LogP contribution in [0.1, 0.15) is 10.8 Å². The number of hydrogen-bond acceptors (Lipinski definition) is 4. The smallest absolute Gasteiger partial charge is 0.241 e. The first-order valence-electron chi connectivity index (χ1n) is 3.75. The summed E-state index contributed by atoms with van der Waals surface area (Å²) in [5, 5.41) is 3.81. The van der Waals surface area contributed by atoms with Crippen LogP contribution in [0.15, 0.2) is 16.7 Å². The monoisotopic (exact) mass is 214 g/mol. The minimum Gasteiger partial charge on any atom is -0.338 e. The first-order chi connectivity index (χ1) is 6.29. The molecule has 0 aliphatic heterocycles. The molecule has 0 saturated heterocycles. The highest BCUT2D eigenvalue weighted by Crippen LogP contribution is 2.25. The van der Waals surface area contributed by atoms with Crippen LogP contribution in [0.3, 0.4) is 0 Å². The van der Waals surface area contributed by atoms with Crippen molar-refractivity contribution in [2.24, 2.45) is 0 Å². The number of alkyl halides is 1. The Hall–Kier alpha value is -0.870. The number of halogens is 1. The second-order valence-corrected chi connectivity index (χ2v) is 4.11. The summed E-state index contributed by atoms with van der Waals surface area (Å²) >= 11 is 7.18. The van der Waals surface area contributed by atoms with E-state index in [-0.39, 0.29) is 5.88 Å². The zero-order valence-electron chi connectivity index (χ0n) is 6.95. The summed E-state index contributed by atoms with van der Waals surface area (Å²) in [6.07, 6.45) is 0. The molecule has 0 aromatic carbocycles. The van der Waals surface area contributed by atoms with Gasteiger partial charge in [0.15, 0.2) is 0 Å². The molecule has 0 spiro atoms. The van der Waals surface area contributed by atoms with Crippen molar-refractivity contribution in [1.82, 2.24) is 10.1 Å². The standard InChI is InChI=1S/C8H7ClN2OS/c1-5-2-3-6(13-5)8-10-7(4-9)12-11-8/h2-3H,4H2,1H3. The summed E-state index contributed by atoms with van der Waals surface area (Å²) in [4.78, 5) is 6.35. The molecule has 0 saturated carbocycles. The molecule has 0 unspecified atom stereocenters. The molecule has 2 heterocycles. The van der Waals surface area contributed by atoms with Gasteiger partial charge < -0.3 is 4.52 Å². The molecule has 0 aliphatic rings. The fourth-order valence-electron chi connectivity index (χ4n) is 0.964. The molecular weight excluding hydrogens is 208 g/mol. The fourth-order valence-corrected chi connectivity index (χ4v) is 1.87. The Balaban J connectivity index is 2.35. The van der Waals surface area contributed by atoms with E-state index in [1.54, 1.807) is 11.3 Å². The highest BCUT2D eigenvalue weighted by molar-refractivity contribution is 7.15. The second kappa shape index (κ2) is 3.47. The SMILES string of the molecule is Cc1ccc(-c2noc(CCl)n2)s1. The van der Waals surface area contributed by atoms with Crippen molar-refractivity contribution < 1.29 is 4.52 Å². The summed E-state index contributed by atoms with van der Waals surface area (Å²) in [5.41, 5.74) is 0. The molecule has 0 atom stereocenters. The predicted molar refractivity (Wildman–Crippen MR) is 51.9 cm³/mol. The number of hydrogen-bond donors (Lipinski definition) is 0. The van der Waals surface area contributed by atoms with E-state index in [0.717, 1.165) is 4.88 Å². The lowest BCUT2D eigenvalue weighted by Gasteiger charge is -1.82. The van der Waals surface area contributed by atoms with Crippen LogP contribution in [0.25, 0.3) is 10.7 Å². The molecule has 0 N–H and O–H groups in total. The fraction of sp³-hybridized carbons (Fsp3) is 0.250. The molecule has 0 amide bonds. The zero-order chi connectivity index (χ0) is 9.26. The Labute approximate surface area is 84.3 Å². The van der Waals surface area contributed by atoms with Gasteiger partial charge in [0, 0.05) is 4.88 Å². The maximum absolute atomic E-state index is 5.54. The van der Waals surface area contributed by atoms with Crippen LogP contribution in [-0.2, 0) is 5.88 Å². The van der Waals surface area contributed by atoms with Crippen molar-refractivity contribution in [1.29, 1.82) is 0 Å². The van der Waals surface area contributed by atoms with E-state index in [9.17, 15) is 0 Å². The Kier molecular flexibility index (Phi) is 2.33. The van der Waals surface area contributed by atoms with Gasteiger partial charge in [-0.2, -0.15) is 4.98 Å². The van der Waals surface area contributed by atoms with Crippen molar-refractivity contribution in [3.05, 3.63) is 22.9 Å². The van der Waals surface area contributed by atoms with Crippen molar-refractivity contribution in [3.8, 4) is 10.7 Å². The third-order valence-electron chi connectivity index (χ3n) is 1.54. The van der Waals surface area contributed by atoms with E-state index < -0.39 is 0 Å². The minimum atomic E-state index is 0.261. The van der Waals surface area contributed by atoms with Crippen LogP contribution >= 0.6 is 22.9 Å². The van der Waals surface area contributed by atoms with Crippen LogP contribution < -0.4 is 0 Å². The van der Waals surface area contributed by atoms with Gasteiger partial charge in [-0.05, 0) is 19.1 Å². The largest absolute Gasteiger partial charge is 0.338 e. The molecule has 2 rings (SSSR count). The van der Waals surface area contributed by atoms with Gasteiger partial charge in [-0.1, -0.05) is 5.16 Å². The van der Waals surface area contributed by atoms with Crippen LogP contribution in [0.4, 0.5) is 0 Å². The first-order valence-corrected chi connectivity index (χ1v) is 5.10. The lowest BCUT2D eigenvalue weighted by molar-refractivity contribution is 0.391. The Morgan fingerprint density at radius 1 is 1.54 bits per heavy atom. The van der Waals surface area contributed by atoms with Gasteiger partial charge in [0.05, 0.1) is 4.88 Å². The predicted octanol–water partition coefficient (Wildman–Crippen LogP) is 2.85. The maximum Gasteiger partial charge on any atom is 0.241 e. The Morgan fingerprint density at radius 3 is 2.92 bits per heavy atom. The average Bonchev–Trinajstić information content (AvgIpc) is 2.71. The van der Waals surface area contributed by atoms with Gasteiger partial charge in [0.2, 0.25) is 11.7 Å². The molecule has 0 bridgehead atoms. The van der Waals surface area contributed by atoms with E-state index in [1.807, 2.05) is 19.1 Å². The van der Waals surface area contributed by atoms with Gasteiger partial charge in [-0.15, -0.1) is 22.9 Å². The molecule has 68 valence electrons. The van der Waals surface area contributed by atoms with Gasteiger partial charge in [-0.3, -0.25) is 0 Å². The zero-order valence-corrected chi connectivity index (χ0v) is 8.52. The van der Waals surface area contributed by atoms with Crippen molar-refractivity contribution in [3.63, 3.8) is 0 Å². The number of thiophene rings is 1. The van der Waals surface area contributed by atoms with Crippen molar-refractivity contribution in [2.75, 3.05) is 0 Å². The third kappa shape index (κ3) is 1.73. The van der Waals surface area contributed by atoms with Crippen LogP contribution in [0.2, 0.25) is 0 Å². The van der Waals surface area contributed by atoms with Gasteiger partial charge >= 0.3 is 0 Å². The van der Waals surface area contributed by atoms with E-state index in [2.05, 4.69) is 10.1 Å². The molecule has 13 heavy (non-hydrogen) atoms. The van der Waals surface area contributed by atoms with E-state index >= 15 is 0 Å². The first kappa shape index (κ1) is 8.72. The lowest BCUT2D eigenvalue weighted by Crippen LogP contribution is -1.76. The summed E-state index contributed by atoms with van der Waals surface area (Å²) in [7, 11) is 0. The normalized spacial score (nSPS) is 10.6. The minimum absolute atomic E-state index is 0.261. The third-order valence-corrected chi connectivity index (χ3v) is 2.77. The number of nitrogens with zero attached hydrogens (tertiary/aromatic N) is 2. The molecule has 2 aromatic rings. The van der Waals surface area contributed by atoms with Crippen LogP contribution in [-0.4, -0.2) is 10.1 Å². The van der Waals surface area contributed by atoms with Crippen molar-refractivity contribution in [2.45, 2.75) is 12.8 Å². The van der Waals surface area contributed by atoms with Gasteiger partial charge in [-0.25, -0.2) is 0 Å². The molecule has 0 radical (unpaired) electrons. The summed E-state index contributed by atoms with van der Waals surface area (Å²) < 4.78 is 4.89. The van der Waals surface area contributed by atoms with Crippen LogP contribution in [0.5, 0.6) is 0 Å².